The van der Waals surface area contributed by atoms with Crippen molar-refractivity contribution in [1.29, 1.82) is 0 Å². The molecule has 0 radical (unpaired) electrons. The number of nitrogens with zero attached hydrogens (tertiary/aromatic N) is 1. The molecule has 2 heterocycles. The topological polar surface area (TPSA) is 54.7 Å². The highest BCUT2D eigenvalue weighted by molar-refractivity contribution is 5.91. The van der Waals surface area contributed by atoms with Crippen LogP contribution < -0.4 is 10.1 Å². The summed E-state index contributed by atoms with van der Waals surface area (Å²) in [6, 6.07) is 10.0. The lowest BCUT2D eigenvalue weighted by molar-refractivity contribution is 0.0567. The summed E-state index contributed by atoms with van der Waals surface area (Å²) in [7, 11) is 0. The van der Waals surface area contributed by atoms with Crippen molar-refractivity contribution in [2.75, 3.05) is 13.1 Å². The maximum Gasteiger partial charge on any atom is 0.289 e. The zero-order chi connectivity index (χ0) is 18.0. The molecule has 2 aromatic rings. The van der Waals surface area contributed by atoms with E-state index in [4.69, 9.17) is 9.15 Å². The Morgan fingerprint density at radius 2 is 2.04 bits per heavy atom. The van der Waals surface area contributed by atoms with Crippen LogP contribution in [0.5, 0.6) is 5.75 Å². The number of rotatable bonds is 4. The van der Waals surface area contributed by atoms with Gasteiger partial charge in [0.1, 0.15) is 18.1 Å². The fourth-order valence-electron chi connectivity index (χ4n) is 3.17. The monoisotopic (exact) mass is 378 g/mol. The van der Waals surface area contributed by atoms with Gasteiger partial charge in [-0.05, 0) is 51.5 Å². The first-order valence-corrected chi connectivity index (χ1v) is 8.79. The van der Waals surface area contributed by atoms with E-state index in [-0.39, 0.29) is 30.4 Å². The molecular formula is C20H27ClN2O3. The molecule has 1 aromatic heterocycles. The first kappa shape index (κ1) is 20.3. The van der Waals surface area contributed by atoms with E-state index >= 15 is 0 Å². The molecule has 1 amide bonds. The lowest BCUT2D eigenvalue weighted by Crippen LogP contribution is -2.57. The number of hydrogen-bond acceptors (Lipinski definition) is 4. The SMILES string of the molecule is Cc1ccc(OCc2ccc(C(=O)N3CCNC(C)C3C)o2)c(C)c1.Cl. The van der Waals surface area contributed by atoms with Crippen LogP contribution in [0.1, 0.15) is 41.3 Å². The highest BCUT2D eigenvalue weighted by Crippen LogP contribution is 2.21. The summed E-state index contributed by atoms with van der Waals surface area (Å²) in [5.41, 5.74) is 2.29. The Bertz CT molecular complexity index is 759. The maximum absolute atomic E-state index is 12.7. The largest absolute Gasteiger partial charge is 0.485 e. The number of aryl methyl sites for hydroxylation is 2. The van der Waals surface area contributed by atoms with Crippen molar-refractivity contribution in [3.05, 3.63) is 53.0 Å². The molecule has 0 aliphatic carbocycles. The number of halogens is 1. The molecule has 0 bridgehead atoms. The van der Waals surface area contributed by atoms with Crippen LogP contribution in [0.3, 0.4) is 0 Å². The van der Waals surface area contributed by atoms with Gasteiger partial charge in [0, 0.05) is 25.2 Å². The second kappa shape index (κ2) is 8.60. The predicted octanol–water partition coefficient (Wildman–Crippen LogP) is 3.72. The molecule has 142 valence electrons. The fourth-order valence-corrected chi connectivity index (χ4v) is 3.17. The van der Waals surface area contributed by atoms with E-state index in [0.29, 0.717) is 24.7 Å². The third-order valence-electron chi connectivity index (χ3n) is 4.87. The Balaban J connectivity index is 0.00000243. The van der Waals surface area contributed by atoms with Crippen molar-refractivity contribution in [2.24, 2.45) is 0 Å². The van der Waals surface area contributed by atoms with Crippen molar-refractivity contribution in [3.8, 4) is 5.75 Å². The van der Waals surface area contributed by atoms with Gasteiger partial charge in [-0.15, -0.1) is 12.4 Å². The Morgan fingerprint density at radius 3 is 2.77 bits per heavy atom. The maximum atomic E-state index is 12.7. The van der Waals surface area contributed by atoms with E-state index in [1.54, 1.807) is 6.07 Å². The number of hydrogen-bond donors (Lipinski definition) is 1. The quantitative estimate of drug-likeness (QED) is 0.880. The first-order chi connectivity index (χ1) is 12.0. The number of amides is 1. The molecule has 2 unspecified atom stereocenters. The fraction of sp³-hybridized carbons (Fsp3) is 0.450. The van der Waals surface area contributed by atoms with Crippen LogP contribution in [-0.2, 0) is 6.61 Å². The van der Waals surface area contributed by atoms with Gasteiger partial charge in [0.2, 0.25) is 0 Å². The molecular weight excluding hydrogens is 352 g/mol. The smallest absolute Gasteiger partial charge is 0.289 e. The minimum atomic E-state index is -0.0568. The van der Waals surface area contributed by atoms with E-state index in [1.807, 2.05) is 30.0 Å². The van der Waals surface area contributed by atoms with Crippen LogP contribution in [0.15, 0.2) is 34.7 Å². The predicted molar refractivity (Wildman–Crippen MR) is 104 cm³/mol. The third-order valence-corrected chi connectivity index (χ3v) is 4.87. The van der Waals surface area contributed by atoms with Gasteiger partial charge in [-0.3, -0.25) is 4.79 Å². The van der Waals surface area contributed by atoms with Gasteiger partial charge >= 0.3 is 0 Å². The third kappa shape index (κ3) is 4.40. The molecule has 1 aliphatic heterocycles. The van der Waals surface area contributed by atoms with Crippen molar-refractivity contribution < 1.29 is 13.9 Å². The molecule has 6 heteroatoms. The van der Waals surface area contributed by atoms with Gasteiger partial charge in [0.15, 0.2) is 5.76 Å². The molecule has 1 fully saturated rings. The first-order valence-electron chi connectivity index (χ1n) is 8.79. The van der Waals surface area contributed by atoms with E-state index in [2.05, 4.69) is 32.2 Å². The van der Waals surface area contributed by atoms with Crippen molar-refractivity contribution in [3.63, 3.8) is 0 Å². The highest BCUT2D eigenvalue weighted by Gasteiger charge is 2.30. The minimum absolute atomic E-state index is 0. The van der Waals surface area contributed by atoms with Gasteiger partial charge < -0.3 is 19.4 Å². The van der Waals surface area contributed by atoms with Crippen LogP contribution in [0.4, 0.5) is 0 Å². The van der Waals surface area contributed by atoms with E-state index < -0.39 is 0 Å². The summed E-state index contributed by atoms with van der Waals surface area (Å²) in [6.07, 6.45) is 0. The summed E-state index contributed by atoms with van der Waals surface area (Å²) >= 11 is 0. The van der Waals surface area contributed by atoms with Crippen molar-refractivity contribution >= 4 is 18.3 Å². The molecule has 5 nitrogen and oxygen atoms in total. The number of carbonyl (C=O) groups excluding carboxylic acids is 1. The zero-order valence-electron chi connectivity index (χ0n) is 15.7. The number of benzene rings is 1. The molecule has 1 aromatic carbocycles. The van der Waals surface area contributed by atoms with Gasteiger partial charge in [-0.1, -0.05) is 17.7 Å². The van der Waals surface area contributed by atoms with Crippen LogP contribution in [0, 0.1) is 13.8 Å². The number of nitrogens with one attached hydrogen (secondary N) is 1. The van der Waals surface area contributed by atoms with Gasteiger partial charge in [0.25, 0.3) is 5.91 Å². The second-order valence-electron chi connectivity index (χ2n) is 6.81. The standard InChI is InChI=1S/C20H26N2O3.ClH/c1-13-5-7-18(14(2)11-13)24-12-17-6-8-19(25-17)20(23)22-10-9-21-15(3)16(22)4;/h5-8,11,15-16,21H,9-10,12H2,1-4H3;1H. The highest BCUT2D eigenvalue weighted by atomic mass is 35.5. The summed E-state index contributed by atoms with van der Waals surface area (Å²) in [4.78, 5) is 14.6. The average molecular weight is 379 g/mol. The van der Waals surface area contributed by atoms with Crippen LogP contribution in [-0.4, -0.2) is 36.0 Å². The second-order valence-corrected chi connectivity index (χ2v) is 6.81. The molecule has 0 spiro atoms. The summed E-state index contributed by atoms with van der Waals surface area (Å²) in [6.45, 7) is 10.0. The number of ether oxygens (including phenoxy) is 1. The molecule has 1 aliphatic rings. The summed E-state index contributed by atoms with van der Waals surface area (Å²) < 4.78 is 11.6. The molecule has 3 rings (SSSR count). The van der Waals surface area contributed by atoms with Crippen LogP contribution in [0.25, 0.3) is 0 Å². The Morgan fingerprint density at radius 1 is 1.27 bits per heavy atom. The number of carbonyl (C=O) groups is 1. The number of furan rings is 1. The van der Waals surface area contributed by atoms with Crippen molar-refractivity contribution in [2.45, 2.75) is 46.4 Å². The van der Waals surface area contributed by atoms with Crippen molar-refractivity contribution in [1.82, 2.24) is 10.2 Å². The molecule has 2 atom stereocenters. The van der Waals surface area contributed by atoms with E-state index in [1.165, 1.54) is 5.56 Å². The molecule has 1 N–H and O–H groups in total. The van der Waals surface area contributed by atoms with E-state index in [9.17, 15) is 4.79 Å². The average Bonchev–Trinajstić information content (AvgIpc) is 3.05. The summed E-state index contributed by atoms with van der Waals surface area (Å²) in [5, 5.41) is 3.38. The van der Waals surface area contributed by atoms with E-state index in [0.717, 1.165) is 17.9 Å². The Kier molecular flexibility index (Phi) is 6.73. The van der Waals surface area contributed by atoms with Gasteiger partial charge in [0.05, 0.1) is 0 Å². The lowest BCUT2D eigenvalue weighted by Gasteiger charge is -2.38. The molecule has 26 heavy (non-hydrogen) atoms. The number of piperazine rings is 1. The minimum Gasteiger partial charge on any atom is -0.485 e. The zero-order valence-corrected chi connectivity index (χ0v) is 16.6. The molecule has 0 saturated carbocycles. The van der Waals surface area contributed by atoms with Crippen LogP contribution in [0.2, 0.25) is 0 Å². The Hall–Kier alpha value is -1.98. The molecule has 1 saturated heterocycles. The summed E-state index contributed by atoms with van der Waals surface area (Å²) in [5.74, 6) is 1.80. The Labute approximate surface area is 161 Å². The van der Waals surface area contributed by atoms with Crippen LogP contribution >= 0.6 is 12.4 Å². The van der Waals surface area contributed by atoms with Gasteiger partial charge in [-0.2, -0.15) is 0 Å². The van der Waals surface area contributed by atoms with Gasteiger partial charge in [-0.25, -0.2) is 0 Å². The normalized spacial score (nSPS) is 19.8. The lowest BCUT2D eigenvalue weighted by atomic mass is 10.1.